The minimum atomic E-state index is -4.10. The van der Waals surface area contributed by atoms with Gasteiger partial charge in [0.25, 0.3) is 0 Å². The summed E-state index contributed by atoms with van der Waals surface area (Å²) in [5.41, 5.74) is 2.16. The summed E-state index contributed by atoms with van der Waals surface area (Å²) < 4.78 is 28.4. The minimum absolute atomic E-state index is 0.152. The highest BCUT2D eigenvalue weighted by Crippen LogP contribution is 2.30. The molecule has 4 atom stereocenters. The van der Waals surface area contributed by atoms with Crippen LogP contribution < -0.4 is 10.5 Å². The third-order valence-electron chi connectivity index (χ3n) is 6.18. The van der Waals surface area contributed by atoms with Gasteiger partial charge in [0.1, 0.15) is 17.8 Å². The van der Waals surface area contributed by atoms with Crippen molar-refractivity contribution in [2.45, 2.75) is 38.0 Å². The van der Waals surface area contributed by atoms with Gasteiger partial charge in [-0.2, -0.15) is 13.5 Å². The van der Waals surface area contributed by atoms with Crippen LogP contribution in [0.2, 0.25) is 0 Å². The quantitative estimate of drug-likeness (QED) is 0.284. The molecule has 2 heterocycles. The number of carbonyl (C=O) groups is 1. The SMILES string of the molecule is C#Cc1cccc(C(C)n2ccc(C(=O)c3cncnc3N[C@@H]3CC(COS(N)(=O)=O)[C@@H](O)C3)n2)c1. The fraction of sp³-hybridized carbons (Fsp3) is 0.333. The van der Waals surface area contributed by atoms with Crippen molar-refractivity contribution in [3.63, 3.8) is 0 Å². The fourth-order valence-electron chi connectivity index (χ4n) is 4.24. The zero-order valence-corrected chi connectivity index (χ0v) is 20.3. The monoisotopic (exact) mass is 510 g/mol. The Hall–Kier alpha value is -3.63. The van der Waals surface area contributed by atoms with E-state index in [0.717, 1.165) is 11.1 Å². The number of aliphatic hydroxyl groups excluding tert-OH is 1. The van der Waals surface area contributed by atoms with Crippen molar-refractivity contribution in [3.05, 3.63) is 71.4 Å². The van der Waals surface area contributed by atoms with Crippen LogP contribution in [0.4, 0.5) is 5.82 Å². The molecule has 188 valence electrons. The van der Waals surface area contributed by atoms with E-state index in [2.05, 4.69) is 30.5 Å². The lowest BCUT2D eigenvalue weighted by Crippen LogP contribution is -2.24. The molecule has 2 unspecified atom stereocenters. The first-order chi connectivity index (χ1) is 17.1. The molecule has 1 aliphatic rings. The van der Waals surface area contributed by atoms with Crippen LogP contribution in [0.25, 0.3) is 0 Å². The summed E-state index contributed by atoms with van der Waals surface area (Å²) in [5, 5.41) is 22.8. The predicted octanol–water partition coefficient (Wildman–Crippen LogP) is 1.27. The maximum atomic E-state index is 13.3. The number of nitrogens with one attached hydrogen (secondary N) is 1. The van der Waals surface area contributed by atoms with Crippen molar-refractivity contribution in [3.8, 4) is 12.3 Å². The van der Waals surface area contributed by atoms with Gasteiger partial charge in [-0.3, -0.25) is 13.7 Å². The molecule has 1 fully saturated rings. The van der Waals surface area contributed by atoms with Gasteiger partial charge in [-0.25, -0.2) is 15.1 Å². The third-order valence-corrected chi connectivity index (χ3v) is 6.64. The van der Waals surface area contributed by atoms with Crippen molar-refractivity contribution < 1.29 is 22.5 Å². The molecule has 2 aromatic heterocycles. The number of nitrogens with zero attached hydrogens (tertiary/aromatic N) is 4. The minimum Gasteiger partial charge on any atom is -0.393 e. The molecular weight excluding hydrogens is 484 g/mol. The van der Waals surface area contributed by atoms with Crippen LogP contribution in [0.1, 0.15) is 53.0 Å². The lowest BCUT2D eigenvalue weighted by molar-refractivity contribution is 0.101. The largest absolute Gasteiger partial charge is 0.393 e. The molecule has 1 aliphatic carbocycles. The molecule has 1 aromatic carbocycles. The number of aromatic nitrogens is 4. The van der Waals surface area contributed by atoms with E-state index < -0.39 is 22.3 Å². The van der Waals surface area contributed by atoms with Gasteiger partial charge in [-0.05, 0) is 43.5 Å². The molecule has 36 heavy (non-hydrogen) atoms. The van der Waals surface area contributed by atoms with Gasteiger partial charge in [0.15, 0.2) is 0 Å². The molecule has 0 saturated heterocycles. The van der Waals surface area contributed by atoms with Crippen LogP contribution >= 0.6 is 0 Å². The average molecular weight is 511 g/mol. The first-order valence-electron chi connectivity index (χ1n) is 11.2. The van der Waals surface area contributed by atoms with Gasteiger partial charge in [0, 0.05) is 29.9 Å². The van der Waals surface area contributed by atoms with Gasteiger partial charge in [0.05, 0.1) is 24.3 Å². The van der Waals surface area contributed by atoms with Crippen molar-refractivity contribution in [1.29, 1.82) is 0 Å². The van der Waals surface area contributed by atoms with E-state index in [-0.39, 0.29) is 35.7 Å². The van der Waals surface area contributed by atoms with Gasteiger partial charge in [-0.1, -0.05) is 18.1 Å². The topological polar surface area (TPSA) is 162 Å². The van der Waals surface area contributed by atoms with Gasteiger partial charge in [0.2, 0.25) is 5.78 Å². The van der Waals surface area contributed by atoms with Crippen LogP contribution in [0.3, 0.4) is 0 Å². The molecular formula is C24H26N6O5S. The van der Waals surface area contributed by atoms with E-state index in [1.54, 1.807) is 16.9 Å². The standard InChI is InChI=1S/C24H26N6O5S/c1-3-16-5-4-6-17(9-16)15(2)30-8-7-21(29-30)23(32)20-12-26-14-27-24(20)28-19-10-18(22(31)11-19)13-35-36(25,33)34/h1,4-9,12,14-15,18-19,22,31H,10-11,13H2,2H3,(H2,25,33,34)(H,26,27,28)/t15?,18?,19-,22+/m1/s1. The number of anilines is 1. The zero-order chi connectivity index (χ0) is 25.9. The summed E-state index contributed by atoms with van der Waals surface area (Å²) in [6, 6.07) is 8.77. The van der Waals surface area contributed by atoms with Gasteiger partial charge >= 0.3 is 10.3 Å². The Labute approximate surface area is 209 Å². The second kappa shape index (κ2) is 10.5. The molecule has 1 saturated carbocycles. The van der Waals surface area contributed by atoms with Crippen LogP contribution in [0.5, 0.6) is 0 Å². The Morgan fingerprint density at radius 2 is 2.19 bits per heavy atom. The number of hydrogen-bond acceptors (Lipinski definition) is 9. The summed E-state index contributed by atoms with van der Waals surface area (Å²) in [6.07, 6.45) is 9.86. The summed E-state index contributed by atoms with van der Waals surface area (Å²) >= 11 is 0. The normalized spacial score (nSPS) is 20.6. The Kier molecular flexibility index (Phi) is 7.46. The Bertz CT molecular complexity index is 1400. The molecule has 0 bridgehead atoms. The molecule has 12 heteroatoms. The number of ketones is 1. The number of nitrogens with two attached hydrogens (primary N) is 1. The molecule has 0 aliphatic heterocycles. The lowest BCUT2D eigenvalue weighted by Gasteiger charge is -2.15. The molecule has 4 rings (SSSR count). The van der Waals surface area contributed by atoms with Gasteiger partial charge in [-0.15, -0.1) is 6.42 Å². The Balaban J connectivity index is 1.48. The molecule has 0 radical (unpaired) electrons. The first-order valence-corrected chi connectivity index (χ1v) is 12.7. The van der Waals surface area contributed by atoms with Gasteiger partial charge < -0.3 is 10.4 Å². The third kappa shape index (κ3) is 5.95. The highest BCUT2D eigenvalue weighted by atomic mass is 32.2. The molecule has 3 aromatic rings. The summed E-state index contributed by atoms with van der Waals surface area (Å²) in [6.45, 7) is 1.73. The summed E-state index contributed by atoms with van der Waals surface area (Å²) in [4.78, 5) is 21.5. The summed E-state index contributed by atoms with van der Waals surface area (Å²) in [7, 11) is -4.10. The van der Waals surface area contributed by atoms with E-state index in [1.165, 1.54) is 12.5 Å². The highest BCUT2D eigenvalue weighted by Gasteiger charge is 2.35. The average Bonchev–Trinajstić information content (AvgIpc) is 3.48. The summed E-state index contributed by atoms with van der Waals surface area (Å²) in [5.74, 6) is 2.11. The van der Waals surface area contributed by atoms with Crippen molar-refractivity contribution in [2.24, 2.45) is 11.1 Å². The number of benzene rings is 1. The van der Waals surface area contributed by atoms with Crippen LogP contribution in [0.15, 0.2) is 49.1 Å². The Morgan fingerprint density at radius 1 is 1.39 bits per heavy atom. The van der Waals surface area contributed by atoms with E-state index >= 15 is 0 Å². The van der Waals surface area contributed by atoms with E-state index in [0.29, 0.717) is 18.7 Å². The van der Waals surface area contributed by atoms with Crippen LogP contribution in [-0.4, -0.2) is 57.8 Å². The zero-order valence-electron chi connectivity index (χ0n) is 19.5. The first kappa shape index (κ1) is 25.5. The van der Waals surface area contributed by atoms with Crippen LogP contribution in [-0.2, 0) is 14.5 Å². The number of carbonyl (C=O) groups excluding carboxylic acids is 1. The van der Waals surface area contributed by atoms with Crippen molar-refractivity contribution in [1.82, 2.24) is 19.7 Å². The maximum Gasteiger partial charge on any atom is 0.333 e. The number of aliphatic hydroxyl groups is 1. The fourth-order valence-corrected chi connectivity index (χ4v) is 4.60. The van der Waals surface area contributed by atoms with Crippen molar-refractivity contribution >= 4 is 21.9 Å². The lowest BCUT2D eigenvalue weighted by atomic mass is 10.1. The van der Waals surface area contributed by atoms with Crippen molar-refractivity contribution in [2.75, 3.05) is 11.9 Å². The Morgan fingerprint density at radius 3 is 2.94 bits per heavy atom. The smallest absolute Gasteiger partial charge is 0.333 e. The molecule has 4 N–H and O–H groups in total. The maximum absolute atomic E-state index is 13.3. The molecule has 11 nitrogen and oxygen atoms in total. The van der Waals surface area contributed by atoms with E-state index in [9.17, 15) is 18.3 Å². The predicted molar refractivity (Wildman–Crippen MR) is 131 cm³/mol. The highest BCUT2D eigenvalue weighted by molar-refractivity contribution is 7.84. The van der Waals surface area contributed by atoms with E-state index in [1.807, 2.05) is 31.2 Å². The molecule has 0 amide bonds. The number of hydrogen-bond donors (Lipinski definition) is 3. The number of terminal acetylenes is 1. The number of rotatable bonds is 9. The second-order valence-corrected chi connectivity index (χ2v) is 9.88. The second-order valence-electron chi connectivity index (χ2n) is 8.66. The molecule has 0 spiro atoms. The van der Waals surface area contributed by atoms with Crippen LogP contribution in [0, 0.1) is 18.3 Å². The van der Waals surface area contributed by atoms with E-state index in [4.69, 9.17) is 11.6 Å².